The molecule has 0 amide bonds. The van der Waals surface area contributed by atoms with Crippen LogP contribution in [0, 0.1) is 0 Å². The standard InChI is InChI=1S/C28H38N2O/c1-5-10-27(31)22-29(19-23-11-7-6-8-12-23)21-26-13-9-18-30(26)20-24-14-16-25(17-15-24)28(2,3)4/h6-9,11-18,27,31H,5,10,19-22H2,1-4H3/t27-/m1/s1. The van der Waals surface area contributed by atoms with Gasteiger partial charge in [0.05, 0.1) is 6.10 Å². The molecule has 0 aliphatic rings. The van der Waals surface area contributed by atoms with Gasteiger partial charge in [-0.25, -0.2) is 0 Å². The smallest absolute Gasteiger partial charge is 0.0667 e. The molecule has 1 aromatic heterocycles. The van der Waals surface area contributed by atoms with Crippen LogP contribution < -0.4 is 0 Å². The van der Waals surface area contributed by atoms with E-state index in [1.165, 1.54) is 22.4 Å². The predicted octanol–water partition coefficient (Wildman–Crippen LogP) is 6.00. The summed E-state index contributed by atoms with van der Waals surface area (Å²) in [6.07, 6.45) is 3.71. The second-order valence-electron chi connectivity index (χ2n) is 9.67. The molecule has 2 aromatic carbocycles. The third kappa shape index (κ3) is 7.09. The topological polar surface area (TPSA) is 28.4 Å². The maximum atomic E-state index is 10.5. The summed E-state index contributed by atoms with van der Waals surface area (Å²) in [5.41, 5.74) is 5.41. The van der Waals surface area contributed by atoms with E-state index in [1.54, 1.807) is 0 Å². The van der Waals surface area contributed by atoms with E-state index in [0.717, 1.165) is 32.5 Å². The molecule has 3 aromatic rings. The number of nitrogens with zero attached hydrogens (tertiary/aromatic N) is 2. The quantitative estimate of drug-likeness (QED) is 0.437. The molecule has 1 atom stereocenters. The summed E-state index contributed by atoms with van der Waals surface area (Å²) in [7, 11) is 0. The first kappa shape index (κ1) is 23.3. The average molecular weight is 419 g/mol. The third-order valence-electron chi connectivity index (χ3n) is 5.82. The minimum atomic E-state index is -0.290. The second-order valence-corrected chi connectivity index (χ2v) is 9.67. The Morgan fingerprint density at radius 2 is 1.58 bits per heavy atom. The van der Waals surface area contributed by atoms with Gasteiger partial charge in [-0.05, 0) is 40.7 Å². The molecule has 3 heteroatoms. The number of aliphatic hydroxyl groups is 1. The molecular weight excluding hydrogens is 380 g/mol. The summed E-state index contributed by atoms with van der Waals surface area (Å²) in [4.78, 5) is 2.37. The number of hydrogen-bond acceptors (Lipinski definition) is 2. The molecule has 0 radical (unpaired) electrons. The van der Waals surface area contributed by atoms with Gasteiger partial charge in [-0.1, -0.05) is 88.7 Å². The molecule has 0 saturated heterocycles. The molecule has 0 aliphatic heterocycles. The first-order valence-electron chi connectivity index (χ1n) is 11.5. The summed E-state index contributed by atoms with van der Waals surface area (Å²) in [5, 5.41) is 10.5. The molecule has 3 rings (SSSR count). The van der Waals surface area contributed by atoms with Crippen LogP contribution >= 0.6 is 0 Å². The number of hydrogen-bond donors (Lipinski definition) is 1. The molecule has 166 valence electrons. The van der Waals surface area contributed by atoms with Gasteiger partial charge in [-0.15, -0.1) is 0 Å². The summed E-state index contributed by atoms with van der Waals surface area (Å²) in [6, 6.07) is 23.9. The van der Waals surface area contributed by atoms with E-state index >= 15 is 0 Å². The predicted molar refractivity (Wildman–Crippen MR) is 130 cm³/mol. The Kier molecular flexibility index (Phi) is 8.11. The number of aliphatic hydroxyl groups excluding tert-OH is 1. The summed E-state index contributed by atoms with van der Waals surface area (Å²) >= 11 is 0. The number of rotatable bonds is 10. The summed E-state index contributed by atoms with van der Waals surface area (Å²) in [6.45, 7) is 12.1. The maximum absolute atomic E-state index is 10.5. The van der Waals surface area contributed by atoms with Crippen molar-refractivity contribution in [2.24, 2.45) is 0 Å². The molecule has 1 N–H and O–H groups in total. The zero-order chi connectivity index (χ0) is 22.3. The average Bonchev–Trinajstić information content (AvgIpc) is 3.15. The highest BCUT2D eigenvalue weighted by Crippen LogP contribution is 2.23. The van der Waals surface area contributed by atoms with Gasteiger partial charge in [0.1, 0.15) is 0 Å². The Morgan fingerprint density at radius 3 is 2.23 bits per heavy atom. The van der Waals surface area contributed by atoms with Crippen LogP contribution in [0.25, 0.3) is 0 Å². The number of aromatic nitrogens is 1. The Hall–Kier alpha value is -2.36. The second kappa shape index (κ2) is 10.8. The monoisotopic (exact) mass is 418 g/mol. The summed E-state index contributed by atoms with van der Waals surface area (Å²) < 4.78 is 2.33. The van der Waals surface area contributed by atoms with Crippen LogP contribution in [-0.4, -0.2) is 27.2 Å². The fraction of sp³-hybridized carbons (Fsp3) is 0.429. The van der Waals surface area contributed by atoms with Gasteiger partial charge in [-0.3, -0.25) is 4.90 Å². The minimum Gasteiger partial charge on any atom is -0.392 e. The van der Waals surface area contributed by atoms with Crippen LogP contribution in [0.2, 0.25) is 0 Å². The molecule has 0 fully saturated rings. The van der Waals surface area contributed by atoms with Gasteiger partial charge in [0.25, 0.3) is 0 Å². The van der Waals surface area contributed by atoms with Crippen molar-refractivity contribution >= 4 is 0 Å². The molecule has 1 heterocycles. The van der Waals surface area contributed by atoms with E-state index < -0.39 is 0 Å². The first-order valence-corrected chi connectivity index (χ1v) is 11.5. The van der Waals surface area contributed by atoms with E-state index in [9.17, 15) is 5.11 Å². The Balaban J connectivity index is 1.72. The van der Waals surface area contributed by atoms with Crippen molar-refractivity contribution in [3.8, 4) is 0 Å². The van der Waals surface area contributed by atoms with Crippen molar-refractivity contribution in [1.82, 2.24) is 9.47 Å². The van der Waals surface area contributed by atoms with Crippen LogP contribution in [0.3, 0.4) is 0 Å². The maximum Gasteiger partial charge on any atom is 0.0667 e. The molecule has 0 spiro atoms. The van der Waals surface area contributed by atoms with Gasteiger partial charge in [0, 0.05) is 38.1 Å². The van der Waals surface area contributed by atoms with E-state index in [0.29, 0.717) is 6.54 Å². The van der Waals surface area contributed by atoms with Crippen LogP contribution in [0.5, 0.6) is 0 Å². The lowest BCUT2D eigenvalue weighted by Gasteiger charge is -2.26. The highest BCUT2D eigenvalue weighted by molar-refractivity contribution is 5.28. The van der Waals surface area contributed by atoms with Crippen LogP contribution in [0.1, 0.15) is 62.9 Å². The lowest BCUT2D eigenvalue weighted by Crippen LogP contribution is -2.32. The van der Waals surface area contributed by atoms with Gasteiger partial charge in [-0.2, -0.15) is 0 Å². The molecule has 0 bridgehead atoms. The zero-order valence-corrected chi connectivity index (χ0v) is 19.6. The molecule has 0 aliphatic carbocycles. The van der Waals surface area contributed by atoms with Crippen LogP contribution in [0.4, 0.5) is 0 Å². The van der Waals surface area contributed by atoms with E-state index in [4.69, 9.17) is 0 Å². The van der Waals surface area contributed by atoms with Crippen LogP contribution in [0.15, 0.2) is 72.9 Å². The number of benzene rings is 2. The Bertz CT molecular complexity index is 906. The highest BCUT2D eigenvalue weighted by Gasteiger charge is 2.15. The fourth-order valence-corrected chi connectivity index (χ4v) is 4.03. The molecular formula is C28H38N2O. The third-order valence-corrected chi connectivity index (χ3v) is 5.82. The van der Waals surface area contributed by atoms with Crippen molar-refractivity contribution < 1.29 is 5.11 Å². The van der Waals surface area contributed by atoms with Crippen molar-refractivity contribution in [2.45, 2.75) is 71.7 Å². The lowest BCUT2D eigenvalue weighted by molar-refractivity contribution is 0.0958. The van der Waals surface area contributed by atoms with Crippen molar-refractivity contribution in [1.29, 1.82) is 0 Å². The Morgan fingerprint density at radius 1 is 0.871 bits per heavy atom. The van der Waals surface area contributed by atoms with Gasteiger partial charge >= 0.3 is 0 Å². The Labute approximate surface area is 188 Å². The van der Waals surface area contributed by atoms with Gasteiger partial charge in [0.2, 0.25) is 0 Å². The largest absolute Gasteiger partial charge is 0.392 e. The lowest BCUT2D eigenvalue weighted by atomic mass is 9.87. The molecule has 0 unspecified atom stereocenters. The first-order chi connectivity index (χ1) is 14.8. The van der Waals surface area contributed by atoms with Crippen molar-refractivity contribution in [2.75, 3.05) is 6.54 Å². The molecule has 0 saturated carbocycles. The van der Waals surface area contributed by atoms with E-state index in [2.05, 4.69) is 110 Å². The van der Waals surface area contributed by atoms with Crippen molar-refractivity contribution in [3.05, 3.63) is 95.3 Å². The fourth-order valence-electron chi connectivity index (χ4n) is 4.03. The van der Waals surface area contributed by atoms with E-state index in [-0.39, 0.29) is 11.5 Å². The minimum absolute atomic E-state index is 0.175. The van der Waals surface area contributed by atoms with Gasteiger partial charge < -0.3 is 9.67 Å². The van der Waals surface area contributed by atoms with Gasteiger partial charge in [0.15, 0.2) is 0 Å². The van der Waals surface area contributed by atoms with Crippen LogP contribution in [-0.2, 0) is 25.0 Å². The normalized spacial score (nSPS) is 13.0. The summed E-state index contributed by atoms with van der Waals surface area (Å²) in [5.74, 6) is 0. The molecule has 31 heavy (non-hydrogen) atoms. The van der Waals surface area contributed by atoms with Crippen molar-refractivity contribution in [3.63, 3.8) is 0 Å². The highest BCUT2D eigenvalue weighted by atomic mass is 16.3. The van der Waals surface area contributed by atoms with E-state index in [1.807, 2.05) is 0 Å². The SMILES string of the molecule is CCC[C@@H](O)CN(Cc1ccccc1)Cc1cccn1Cc1ccc(C(C)(C)C)cc1. The molecule has 3 nitrogen and oxygen atoms in total. The zero-order valence-electron chi connectivity index (χ0n) is 19.6.